The standard InChI is InChI=1S/C16H13F2N3O5/c1-20-8-9(14(23)21(2)15(20)24)3-6-13(22)19-10-4-5-11-12(7-10)26-16(17,18)25-11/h3-8H,1-2H3,(H,19,22)/b6-3+. The molecule has 26 heavy (non-hydrogen) atoms. The molecule has 136 valence electrons. The highest BCUT2D eigenvalue weighted by atomic mass is 19.3. The Hall–Kier alpha value is -3.43. The van der Waals surface area contributed by atoms with E-state index in [0.717, 1.165) is 10.6 Å². The number of nitrogens with zero attached hydrogens (tertiary/aromatic N) is 2. The Labute approximate surface area is 144 Å². The lowest BCUT2D eigenvalue weighted by Crippen LogP contribution is -2.37. The number of amides is 1. The lowest BCUT2D eigenvalue weighted by Gasteiger charge is -2.05. The van der Waals surface area contributed by atoms with E-state index in [2.05, 4.69) is 14.8 Å². The van der Waals surface area contributed by atoms with Crippen molar-refractivity contribution in [2.45, 2.75) is 6.29 Å². The number of nitrogens with one attached hydrogen (secondary N) is 1. The molecule has 2 aromatic rings. The van der Waals surface area contributed by atoms with E-state index >= 15 is 0 Å². The van der Waals surface area contributed by atoms with Gasteiger partial charge in [-0.2, -0.15) is 0 Å². The molecule has 10 heteroatoms. The molecule has 2 heterocycles. The van der Waals surface area contributed by atoms with Gasteiger partial charge in [-0.25, -0.2) is 4.79 Å². The largest absolute Gasteiger partial charge is 0.586 e. The van der Waals surface area contributed by atoms with Gasteiger partial charge in [0.25, 0.3) is 5.56 Å². The molecule has 0 spiro atoms. The maximum Gasteiger partial charge on any atom is 0.586 e. The van der Waals surface area contributed by atoms with Crippen LogP contribution in [0.2, 0.25) is 0 Å². The van der Waals surface area contributed by atoms with Crippen LogP contribution in [0.4, 0.5) is 14.5 Å². The van der Waals surface area contributed by atoms with Crippen LogP contribution in [0.3, 0.4) is 0 Å². The number of alkyl halides is 2. The van der Waals surface area contributed by atoms with Gasteiger partial charge in [0.2, 0.25) is 5.91 Å². The zero-order valence-electron chi connectivity index (χ0n) is 13.7. The van der Waals surface area contributed by atoms with Crippen LogP contribution in [-0.4, -0.2) is 21.3 Å². The Morgan fingerprint density at radius 1 is 1.19 bits per heavy atom. The van der Waals surface area contributed by atoms with E-state index in [1.165, 1.54) is 49.1 Å². The van der Waals surface area contributed by atoms with Crippen LogP contribution >= 0.6 is 0 Å². The number of carbonyl (C=O) groups excluding carboxylic acids is 1. The van der Waals surface area contributed by atoms with Crippen molar-refractivity contribution in [1.82, 2.24) is 9.13 Å². The van der Waals surface area contributed by atoms with Crippen LogP contribution in [0.25, 0.3) is 6.08 Å². The molecule has 0 fully saturated rings. The minimum absolute atomic E-state index is 0.134. The molecule has 1 N–H and O–H groups in total. The van der Waals surface area contributed by atoms with Gasteiger partial charge in [-0.05, 0) is 18.2 Å². The molecule has 0 bridgehead atoms. The van der Waals surface area contributed by atoms with E-state index in [-0.39, 0.29) is 22.7 Å². The quantitative estimate of drug-likeness (QED) is 0.822. The first kappa shape index (κ1) is 17.4. The van der Waals surface area contributed by atoms with Crippen molar-refractivity contribution in [3.63, 3.8) is 0 Å². The van der Waals surface area contributed by atoms with E-state index in [1.807, 2.05) is 0 Å². The van der Waals surface area contributed by atoms with Crippen molar-refractivity contribution < 1.29 is 23.0 Å². The molecule has 1 aromatic heterocycles. The maximum atomic E-state index is 13.0. The molecular weight excluding hydrogens is 352 g/mol. The summed E-state index contributed by atoms with van der Waals surface area (Å²) < 4.78 is 36.6. The van der Waals surface area contributed by atoms with E-state index in [0.29, 0.717) is 0 Å². The molecule has 0 aliphatic carbocycles. The van der Waals surface area contributed by atoms with Crippen molar-refractivity contribution in [2.75, 3.05) is 5.32 Å². The Morgan fingerprint density at radius 2 is 1.88 bits per heavy atom. The first-order valence-electron chi connectivity index (χ1n) is 7.32. The third-order valence-electron chi connectivity index (χ3n) is 3.56. The smallest absolute Gasteiger partial charge is 0.395 e. The van der Waals surface area contributed by atoms with Crippen molar-refractivity contribution in [3.05, 3.63) is 56.9 Å². The summed E-state index contributed by atoms with van der Waals surface area (Å²) in [6.07, 6.45) is -0.107. The summed E-state index contributed by atoms with van der Waals surface area (Å²) in [5.41, 5.74) is -0.709. The molecule has 0 saturated carbocycles. The fourth-order valence-electron chi connectivity index (χ4n) is 2.33. The lowest BCUT2D eigenvalue weighted by molar-refractivity contribution is -0.286. The highest BCUT2D eigenvalue weighted by molar-refractivity contribution is 6.02. The predicted molar refractivity (Wildman–Crippen MR) is 87.2 cm³/mol. The summed E-state index contributed by atoms with van der Waals surface area (Å²) in [7, 11) is 2.80. The molecule has 8 nitrogen and oxygen atoms in total. The minimum atomic E-state index is -3.74. The lowest BCUT2D eigenvalue weighted by atomic mass is 10.2. The number of halogens is 2. The van der Waals surface area contributed by atoms with Crippen LogP contribution in [0.5, 0.6) is 11.5 Å². The van der Waals surface area contributed by atoms with Crippen LogP contribution < -0.4 is 26.0 Å². The van der Waals surface area contributed by atoms with Crippen LogP contribution in [0.15, 0.2) is 40.1 Å². The average Bonchev–Trinajstić information content (AvgIpc) is 2.88. The van der Waals surface area contributed by atoms with Gasteiger partial charge in [0.05, 0.1) is 5.56 Å². The molecule has 0 radical (unpaired) electrons. The molecular formula is C16H13F2N3O5. The fraction of sp³-hybridized carbons (Fsp3) is 0.188. The van der Waals surface area contributed by atoms with Gasteiger partial charge in [0.15, 0.2) is 11.5 Å². The van der Waals surface area contributed by atoms with E-state index < -0.39 is 23.5 Å². The van der Waals surface area contributed by atoms with Gasteiger partial charge in [-0.3, -0.25) is 14.2 Å². The number of anilines is 1. The zero-order valence-corrected chi connectivity index (χ0v) is 13.7. The number of ether oxygens (including phenoxy) is 2. The molecule has 0 saturated heterocycles. The number of carbonyl (C=O) groups is 1. The summed E-state index contributed by atoms with van der Waals surface area (Å²) >= 11 is 0. The number of aromatic nitrogens is 2. The van der Waals surface area contributed by atoms with Crippen molar-refractivity contribution in [2.24, 2.45) is 14.1 Å². The number of hydrogen-bond acceptors (Lipinski definition) is 5. The van der Waals surface area contributed by atoms with Gasteiger partial charge in [0, 0.05) is 38.1 Å². The van der Waals surface area contributed by atoms with Crippen LogP contribution in [0, 0.1) is 0 Å². The second-order valence-corrected chi connectivity index (χ2v) is 5.49. The second-order valence-electron chi connectivity index (χ2n) is 5.49. The number of rotatable bonds is 3. The molecule has 1 aromatic carbocycles. The molecule has 0 atom stereocenters. The third-order valence-corrected chi connectivity index (χ3v) is 3.56. The first-order valence-corrected chi connectivity index (χ1v) is 7.32. The van der Waals surface area contributed by atoms with Gasteiger partial charge >= 0.3 is 12.0 Å². The minimum Gasteiger partial charge on any atom is -0.395 e. The summed E-state index contributed by atoms with van der Waals surface area (Å²) in [4.78, 5) is 35.5. The van der Waals surface area contributed by atoms with Gasteiger partial charge in [-0.1, -0.05) is 0 Å². The zero-order chi connectivity index (χ0) is 19.1. The van der Waals surface area contributed by atoms with E-state index in [1.54, 1.807) is 0 Å². The number of benzene rings is 1. The fourth-order valence-corrected chi connectivity index (χ4v) is 2.33. The third kappa shape index (κ3) is 3.34. The van der Waals surface area contributed by atoms with Crippen LogP contribution in [0.1, 0.15) is 5.56 Å². The Bertz CT molecular complexity index is 1040. The van der Waals surface area contributed by atoms with Crippen molar-refractivity contribution in [3.8, 4) is 11.5 Å². The van der Waals surface area contributed by atoms with Gasteiger partial charge < -0.3 is 19.4 Å². The predicted octanol–water partition coefficient (Wildman–Crippen LogP) is 1.06. The number of hydrogen-bond donors (Lipinski definition) is 1. The topological polar surface area (TPSA) is 91.6 Å². The molecule has 1 aliphatic heterocycles. The van der Waals surface area contributed by atoms with Gasteiger partial charge in [-0.15, -0.1) is 8.78 Å². The molecule has 1 amide bonds. The summed E-state index contributed by atoms with van der Waals surface area (Å²) in [5.74, 6) is -0.951. The number of aryl methyl sites for hydroxylation is 1. The Morgan fingerprint density at radius 3 is 2.62 bits per heavy atom. The highest BCUT2D eigenvalue weighted by Crippen LogP contribution is 2.42. The monoisotopic (exact) mass is 365 g/mol. The van der Waals surface area contributed by atoms with Crippen LogP contribution in [-0.2, 0) is 18.9 Å². The SMILES string of the molecule is Cn1cc(/C=C/C(=O)Nc2ccc3c(c2)OC(F)(F)O3)c(=O)n(C)c1=O. The molecule has 1 aliphatic rings. The van der Waals surface area contributed by atoms with E-state index in [4.69, 9.17) is 0 Å². The highest BCUT2D eigenvalue weighted by Gasteiger charge is 2.43. The second kappa shape index (κ2) is 6.14. The maximum absolute atomic E-state index is 13.0. The molecule has 3 rings (SSSR count). The molecule has 0 unspecified atom stereocenters. The Balaban J connectivity index is 1.76. The summed E-state index contributed by atoms with van der Waals surface area (Å²) in [6, 6.07) is 3.78. The summed E-state index contributed by atoms with van der Waals surface area (Å²) in [6.45, 7) is 0. The normalized spacial score (nSPS) is 14.6. The average molecular weight is 365 g/mol. The Kier molecular flexibility index (Phi) is 4.10. The first-order chi connectivity index (χ1) is 12.2. The van der Waals surface area contributed by atoms with E-state index in [9.17, 15) is 23.2 Å². The van der Waals surface area contributed by atoms with Crippen molar-refractivity contribution >= 4 is 17.7 Å². The van der Waals surface area contributed by atoms with Crippen molar-refractivity contribution in [1.29, 1.82) is 0 Å². The number of fused-ring (bicyclic) bond motifs is 1. The summed E-state index contributed by atoms with van der Waals surface area (Å²) in [5, 5.41) is 2.45. The van der Waals surface area contributed by atoms with Gasteiger partial charge in [0.1, 0.15) is 0 Å².